The molecule has 152 valence electrons. The summed E-state index contributed by atoms with van der Waals surface area (Å²) < 4.78 is 13.4. The maximum absolute atomic E-state index is 13.4. The normalized spacial score (nSPS) is 18.1. The Labute approximate surface area is 171 Å². The average molecular weight is 395 g/mol. The quantitative estimate of drug-likeness (QED) is 0.786. The van der Waals surface area contributed by atoms with Crippen LogP contribution in [0, 0.1) is 24.1 Å². The largest absolute Gasteiger partial charge is 0.367 e. The van der Waals surface area contributed by atoms with E-state index < -0.39 is 0 Å². The van der Waals surface area contributed by atoms with E-state index in [2.05, 4.69) is 43.8 Å². The number of benzene rings is 1. The third kappa shape index (κ3) is 4.25. The van der Waals surface area contributed by atoms with Crippen LogP contribution in [-0.4, -0.2) is 74.3 Å². The predicted molar refractivity (Wildman–Crippen MR) is 112 cm³/mol. The Kier molecular flexibility index (Phi) is 5.49. The molecule has 0 atom stereocenters. The molecule has 2 aromatic rings. The van der Waals surface area contributed by atoms with Gasteiger partial charge in [-0.2, -0.15) is 10.2 Å². The molecule has 2 aliphatic rings. The number of rotatable bonds is 3. The van der Waals surface area contributed by atoms with Gasteiger partial charge >= 0.3 is 0 Å². The van der Waals surface area contributed by atoms with E-state index in [1.807, 2.05) is 6.92 Å². The van der Waals surface area contributed by atoms with Gasteiger partial charge in [0.05, 0.1) is 11.3 Å². The van der Waals surface area contributed by atoms with Gasteiger partial charge in [0, 0.05) is 64.1 Å². The van der Waals surface area contributed by atoms with Crippen molar-refractivity contribution in [2.24, 2.45) is 0 Å². The molecule has 7 nitrogen and oxygen atoms in total. The van der Waals surface area contributed by atoms with Crippen LogP contribution in [0.5, 0.6) is 0 Å². The summed E-state index contributed by atoms with van der Waals surface area (Å²) in [6.07, 6.45) is 0. The number of aromatic nitrogens is 2. The van der Waals surface area contributed by atoms with Gasteiger partial charge in [0.1, 0.15) is 17.7 Å². The molecule has 0 spiro atoms. The third-order valence-corrected chi connectivity index (χ3v) is 5.64. The molecule has 0 radical (unpaired) electrons. The maximum Gasteiger partial charge on any atom is 0.227 e. The topological polar surface area (TPSA) is 62.5 Å². The van der Waals surface area contributed by atoms with Crippen molar-refractivity contribution >= 4 is 17.5 Å². The maximum atomic E-state index is 13.4. The molecule has 0 bridgehead atoms. The minimum absolute atomic E-state index is 0.377. The van der Waals surface area contributed by atoms with Crippen molar-refractivity contribution in [1.29, 1.82) is 5.26 Å². The number of piperazine rings is 2. The van der Waals surface area contributed by atoms with Crippen LogP contribution in [0.4, 0.5) is 21.8 Å². The summed E-state index contributed by atoms with van der Waals surface area (Å²) in [6, 6.07) is 8.56. The van der Waals surface area contributed by atoms with Crippen molar-refractivity contribution in [3.05, 3.63) is 41.3 Å². The lowest BCUT2D eigenvalue weighted by Crippen LogP contribution is -2.48. The van der Waals surface area contributed by atoms with Crippen LogP contribution >= 0.6 is 0 Å². The van der Waals surface area contributed by atoms with Crippen LogP contribution in [0.2, 0.25) is 0 Å². The number of aryl methyl sites for hydroxylation is 1. The van der Waals surface area contributed by atoms with Gasteiger partial charge in [-0.05, 0) is 32.2 Å². The minimum atomic E-state index is -0.381. The first-order valence-corrected chi connectivity index (χ1v) is 10.0. The Bertz CT molecular complexity index is 910. The van der Waals surface area contributed by atoms with Gasteiger partial charge in [0.25, 0.3) is 0 Å². The fraction of sp³-hybridized carbons (Fsp3) is 0.476. The lowest BCUT2D eigenvalue weighted by Gasteiger charge is -2.37. The van der Waals surface area contributed by atoms with Gasteiger partial charge in [-0.3, -0.25) is 0 Å². The molecule has 4 rings (SSSR count). The molecule has 2 saturated heterocycles. The molecular formula is C21H26FN7. The van der Waals surface area contributed by atoms with E-state index in [0.29, 0.717) is 5.56 Å². The van der Waals surface area contributed by atoms with Gasteiger partial charge in [0.15, 0.2) is 0 Å². The Morgan fingerprint density at radius 2 is 1.55 bits per heavy atom. The smallest absolute Gasteiger partial charge is 0.227 e. The summed E-state index contributed by atoms with van der Waals surface area (Å²) in [5, 5.41) is 9.32. The van der Waals surface area contributed by atoms with Gasteiger partial charge in [-0.1, -0.05) is 0 Å². The van der Waals surface area contributed by atoms with E-state index >= 15 is 0 Å². The Morgan fingerprint density at radius 1 is 0.897 bits per heavy atom. The van der Waals surface area contributed by atoms with Crippen LogP contribution in [0.3, 0.4) is 0 Å². The van der Waals surface area contributed by atoms with Crippen molar-refractivity contribution in [2.45, 2.75) is 6.92 Å². The third-order valence-electron chi connectivity index (χ3n) is 5.64. The first-order chi connectivity index (χ1) is 14.0. The van der Waals surface area contributed by atoms with E-state index in [-0.39, 0.29) is 5.82 Å². The van der Waals surface area contributed by atoms with E-state index in [0.717, 1.165) is 75.5 Å². The molecule has 1 aromatic heterocycles. The summed E-state index contributed by atoms with van der Waals surface area (Å²) in [4.78, 5) is 18.5. The number of anilines is 3. The summed E-state index contributed by atoms with van der Waals surface area (Å²) in [5.74, 6) is 1.38. The number of likely N-dealkylation sites (N-methyl/N-ethyl adjacent to an activating group) is 1. The summed E-state index contributed by atoms with van der Waals surface area (Å²) in [6.45, 7) is 9.03. The fourth-order valence-electron chi connectivity index (χ4n) is 3.90. The highest BCUT2D eigenvalue weighted by molar-refractivity contribution is 5.60. The van der Waals surface area contributed by atoms with Crippen molar-refractivity contribution < 1.29 is 4.39 Å². The van der Waals surface area contributed by atoms with Crippen molar-refractivity contribution in [3.8, 4) is 6.07 Å². The lowest BCUT2D eigenvalue weighted by molar-refractivity contribution is 0.312. The molecule has 29 heavy (non-hydrogen) atoms. The molecule has 3 heterocycles. The molecular weight excluding hydrogens is 369 g/mol. The van der Waals surface area contributed by atoms with Gasteiger partial charge in [-0.25, -0.2) is 9.37 Å². The van der Waals surface area contributed by atoms with Crippen LogP contribution in [0.15, 0.2) is 24.3 Å². The second kappa shape index (κ2) is 8.21. The van der Waals surface area contributed by atoms with E-state index in [1.54, 1.807) is 6.07 Å². The highest BCUT2D eigenvalue weighted by atomic mass is 19.1. The Balaban J connectivity index is 1.47. The molecule has 2 aliphatic heterocycles. The first-order valence-electron chi connectivity index (χ1n) is 10.0. The molecule has 0 unspecified atom stereocenters. The first kappa shape index (κ1) is 19.4. The van der Waals surface area contributed by atoms with Gasteiger partial charge < -0.3 is 19.6 Å². The van der Waals surface area contributed by atoms with Crippen LogP contribution < -0.4 is 14.7 Å². The van der Waals surface area contributed by atoms with Crippen LogP contribution in [0.1, 0.15) is 11.3 Å². The van der Waals surface area contributed by atoms with Crippen LogP contribution in [0.25, 0.3) is 0 Å². The Hall–Kier alpha value is -2.92. The van der Waals surface area contributed by atoms with Gasteiger partial charge in [-0.15, -0.1) is 0 Å². The molecule has 0 N–H and O–H groups in total. The molecule has 8 heteroatoms. The van der Waals surface area contributed by atoms with Crippen molar-refractivity contribution in [3.63, 3.8) is 0 Å². The van der Waals surface area contributed by atoms with Crippen molar-refractivity contribution in [1.82, 2.24) is 14.9 Å². The monoisotopic (exact) mass is 395 g/mol. The number of nitriles is 1. The van der Waals surface area contributed by atoms with Crippen LogP contribution in [-0.2, 0) is 0 Å². The minimum Gasteiger partial charge on any atom is -0.367 e. The number of nitrogens with zero attached hydrogens (tertiary/aromatic N) is 7. The Morgan fingerprint density at radius 3 is 2.24 bits per heavy atom. The molecule has 0 saturated carbocycles. The highest BCUT2D eigenvalue weighted by Crippen LogP contribution is 2.24. The number of halogens is 1. The number of hydrogen-bond donors (Lipinski definition) is 0. The van der Waals surface area contributed by atoms with E-state index in [1.165, 1.54) is 12.1 Å². The van der Waals surface area contributed by atoms with E-state index in [9.17, 15) is 9.65 Å². The predicted octanol–water partition coefficient (Wildman–Crippen LogP) is 1.87. The summed E-state index contributed by atoms with van der Waals surface area (Å²) >= 11 is 0. The number of hydrogen-bond acceptors (Lipinski definition) is 7. The second-order valence-corrected chi connectivity index (χ2v) is 7.71. The molecule has 2 fully saturated rings. The zero-order valence-electron chi connectivity index (χ0n) is 17.0. The summed E-state index contributed by atoms with van der Waals surface area (Å²) in [7, 11) is 2.15. The SMILES string of the molecule is Cc1cc(N2CCN(C)CC2)nc(N2CCN(c3ccc(F)cc3C#N)CC2)n1. The zero-order chi connectivity index (χ0) is 20.4. The molecule has 0 amide bonds. The van der Waals surface area contributed by atoms with Gasteiger partial charge in [0.2, 0.25) is 5.95 Å². The van der Waals surface area contributed by atoms with Crippen molar-refractivity contribution in [2.75, 3.05) is 74.1 Å². The standard InChI is InChI=1S/C21H26FN7/c1-16-13-20(28-7-5-26(2)6-8-28)25-21(24-16)29-11-9-27(10-12-29)19-4-3-18(22)14-17(19)15-23/h3-4,13-14H,5-12H2,1-2H3. The fourth-order valence-corrected chi connectivity index (χ4v) is 3.90. The zero-order valence-corrected chi connectivity index (χ0v) is 17.0. The average Bonchev–Trinajstić information content (AvgIpc) is 2.74. The second-order valence-electron chi connectivity index (χ2n) is 7.71. The summed E-state index contributed by atoms with van der Waals surface area (Å²) in [5.41, 5.74) is 2.14. The molecule has 1 aromatic carbocycles. The molecule has 0 aliphatic carbocycles. The lowest BCUT2D eigenvalue weighted by atomic mass is 10.1. The highest BCUT2D eigenvalue weighted by Gasteiger charge is 2.23. The van der Waals surface area contributed by atoms with E-state index in [4.69, 9.17) is 4.98 Å².